The predicted octanol–water partition coefficient (Wildman–Crippen LogP) is 22.0. The van der Waals surface area contributed by atoms with Crippen LogP contribution < -0.4 is 18.9 Å². The minimum atomic E-state index is -1.35. The average molecular weight is 2000 g/mol. The van der Waals surface area contributed by atoms with E-state index in [4.69, 9.17) is 29.2 Å². The van der Waals surface area contributed by atoms with E-state index in [1.807, 2.05) is 88.4 Å². The number of alkyl halides is 3. The highest BCUT2D eigenvalue weighted by Gasteiger charge is 2.32. The van der Waals surface area contributed by atoms with Gasteiger partial charge in [-0.2, -0.15) is 0 Å². The summed E-state index contributed by atoms with van der Waals surface area (Å²) in [5.74, 6) is 1.77. The molecule has 5 aromatic rings. The Morgan fingerprint density at radius 1 is 0.610 bits per heavy atom. The number of aliphatic hydroxyl groups excluding tert-OH is 1. The fourth-order valence-electron chi connectivity index (χ4n) is 5.33. The summed E-state index contributed by atoms with van der Waals surface area (Å²) in [7, 11) is 2.57. The Labute approximate surface area is 596 Å². The minimum Gasteiger partial charge on any atom is -0.487 e. The summed E-state index contributed by atoms with van der Waals surface area (Å²) in [6, 6.07) is 27.5. The number of ether oxygens (including phenoxy) is 6. The van der Waals surface area contributed by atoms with Gasteiger partial charge >= 0.3 is 11.9 Å². The summed E-state index contributed by atoms with van der Waals surface area (Å²) in [5.41, 5.74) is -1.31. The molecule has 464 valence electrons. The van der Waals surface area contributed by atoms with Gasteiger partial charge in [0.05, 0.1) is 38.7 Å². The fraction of sp³-hybridized carbons (Fsp3) is 0.441. The molecular weight excluding hydrogens is 1920 g/mol. The van der Waals surface area contributed by atoms with Crippen molar-refractivity contribution in [1.29, 1.82) is 0 Å². The fourth-order valence-corrected chi connectivity index (χ4v) is 7.91. The number of esters is 2. The van der Waals surface area contributed by atoms with E-state index in [-0.39, 0.29) is 45.9 Å². The first kappa shape index (κ1) is 88.2. The monoisotopic (exact) mass is 1990 g/mol. The maximum Gasteiger partial charge on any atom is 0.349 e. The number of halogens is 12. The zero-order valence-corrected chi connectivity index (χ0v) is 65.1. The van der Waals surface area contributed by atoms with Gasteiger partial charge in [0, 0.05) is 29.9 Å². The van der Waals surface area contributed by atoms with Crippen LogP contribution in [0.5, 0.6) is 23.0 Å². The molecule has 2 N–H and O–H groups in total. The Bertz CT molecular complexity index is 2670. The summed E-state index contributed by atoms with van der Waals surface area (Å²) in [5, 5.41) is 17.9. The first-order valence-corrected chi connectivity index (χ1v) is 33.0. The highest BCUT2D eigenvalue weighted by atomic mass is 127. The third-order valence-electron chi connectivity index (χ3n) is 9.52. The number of carbonyl (C=O) groups is 3. The maximum atomic E-state index is 12.5. The highest BCUT2D eigenvalue weighted by Crippen LogP contribution is 2.37. The molecule has 6 rings (SSSR count). The van der Waals surface area contributed by atoms with Crippen molar-refractivity contribution in [2.24, 2.45) is 0 Å². The lowest BCUT2D eigenvalue weighted by molar-refractivity contribution is -0.158. The molecule has 23 heteroatoms. The zero-order chi connectivity index (χ0) is 61.5. The lowest BCUT2D eigenvalue weighted by Gasteiger charge is -2.25. The lowest BCUT2D eigenvalue weighted by Crippen LogP contribution is -2.39. The molecule has 0 fully saturated rings. The van der Waals surface area contributed by atoms with Crippen molar-refractivity contribution in [1.82, 2.24) is 0 Å². The molecule has 0 aromatic heterocycles. The number of methoxy groups -OCH3 is 2. The lowest BCUT2D eigenvalue weighted by atomic mass is 10.0. The Morgan fingerprint density at radius 3 is 1.29 bits per heavy atom. The van der Waals surface area contributed by atoms with E-state index in [0.29, 0.717) is 15.2 Å². The van der Waals surface area contributed by atoms with E-state index >= 15 is 0 Å². The van der Waals surface area contributed by atoms with Crippen molar-refractivity contribution in [3.05, 3.63) is 144 Å². The summed E-state index contributed by atoms with van der Waals surface area (Å²) in [4.78, 5) is 32.3. The van der Waals surface area contributed by atoms with Crippen LogP contribution in [-0.4, -0.2) is 76.7 Å². The first-order valence-electron chi connectivity index (χ1n) is 23.4. The number of benzene rings is 5. The maximum absolute atomic E-state index is 12.5. The van der Waals surface area contributed by atoms with Crippen molar-refractivity contribution in [2.75, 3.05) is 20.8 Å². The molecule has 0 amide bonds. The number of carbonyl (C=O) groups excluding carboxylic acids is 3. The summed E-state index contributed by atoms with van der Waals surface area (Å²) >= 11 is 33.6. The first-order chi connectivity index (χ1) is 36.0. The molecule has 1 aliphatic rings. The molecule has 0 spiro atoms. The van der Waals surface area contributed by atoms with Gasteiger partial charge in [0.25, 0.3) is 0 Å². The van der Waals surface area contributed by atoms with Crippen molar-refractivity contribution in [3.63, 3.8) is 0 Å². The number of hydrogen-bond donors (Lipinski definition) is 2. The molecule has 11 nitrogen and oxygen atoms in total. The largest absolute Gasteiger partial charge is 0.487 e. The van der Waals surface area contributed by atoms with Gasteiger partial charge in [-0.25, -0.2) is 14.0 Å². The van der Waals surface area contributed by atoms with Crippen LogP contribution >= 0.6 is 195 Å². The van der Waals surface area contributed by atoms with Crippen LogP contribution in [0.4, 0.5) is 4.39 Å². The highest BCUT2D eigenvalue weighted by molar-refractivity contribution is 14.3. The molecule has 0 aliphatic carbocycles. The van der Waals surface area contributed by atoms with Crippen molar-refractivity contribution in [3.8, 4) is 23.0 Å². The molecule has 0 saturated carbocycles. The number of rotatable bonds is 11. The summed E-state index contributed by atoms with van der Waals surface area (Å²) in [6.45, 7) is 22.2. The molecule has 0 unspecified atom stereocenters. The van der Waals surface area contributed by atoms with Crippen molar-refractivity contribution in [2.45, 2.75) is 146 Å². The van der Waals surface area contributed by atoms with Crippen molar-refractivity contribution < 1.29 is 57.4 Å². The van der Waals surface area contributed by atoms with E-state index in [0.717, 1.165) is 67.7 Å². The molecule has 0 bridgehead atoms. The van der Waals surface area contributed by atoms with E-state index in [1.54, 1.807) is 38.1 Å². The predicted molar refractivity (Wildman–Crippen MR) is 390 cm³/mol. The van der Waals surface area contributed by atoms with Crippen LogP contribution in [0.3, 0.4) is 0 Å². The van der Waals surface area contributed by atoms with Crippen molar-refractivity contribution >= 4 is 213 Å². The Morgan fingerprint density at radius 2 is 0.976 bits per heavy atom. The van der Waals surface area contributed by atoms with E-state index in [1.165, 1.54) is 39.7 Å². The third kappa shape index (κ3) is 38.3. The number of hydrogen-bond acceptors (Lipinski definition) is 11. The Hall–Kier alpha value is -0.210. The second kappa shape index (κ2) is 41.2. The quantitative estimate of drug-likeness (QED) is 0.0428. The normalized spacial score (nSPS) is 11.8. The number of aliphatic hydroxyl groups is 2. The van der Waals surface area contributed by atoms with E-state index in [9.17, 15) is 18.8 Å². The van der Waals surface area contributed by atoms with Gasteiger partial charge in [-0.15, -0.1) is 0 Å². The van der Waals surface area contributed by atoms with Gasteiger partial charge in [0.1, 0.15) is 51.3 Å². The molecule has 0 saturated heterocycles. The van der Waals surface area contributed by atoms with E-state index < -0.39 is 28.7 Å². The van der Waals surface area contributed by atoms with Gasteiger partial charge in [-0.3, -0.25) is 4.79 Å². The van der Waals surface area contributed by atoms with Crippen LogP contribution in [0, 0.1) is 5.82 Å². The molecule has 82 heavy (non-hydrogen) atoms. The molecule has 0 radical (unpaired) electrons. The van der Waals surface area contributed by atoms with Crippen LogP contribution in [0.25, 0.3) is 0 Å². The van der Waals surface area contributed by atoms with Crippen LogP contribution in [0.1, 0.15) is 128 Å². The second-order valence-corrected chi connectivity index (χ2v) is 39.2. The van der Waals surface area contributed by atoms with Gasteiger partial charge < -0.3 is 38.6 Å². The summed E-state index contributed by atoms with van der Waals surface area (Å²) in [6.07, 6.45) is 2.74. The molecule has 0 atom stereocenters. The molecule has 1 aliphatic heterocycles. The van der Waals surface area contributed by atoms with Gasteiger partial charge in [0.15, 0.2) is 11.2 Å². The average Bonchev–Trinajstić information content (AvgIpc) is 3.66. The van der Waals surface area contributed by atoms with Crippen LogP contribution in [0.2, 0.25) is 0 Å². The Balaban J connectivity index is -0.000000439. The van der Waals surface area contributed by atoms with E-state index in [2.05, 4.69) is 232 Å². The second-order valence-electron chi connectivity index (χ2n) is 19.5. The Kier molecular flexibility index (Phi) is 44.3. The summed E-state index contributed by atoms with van der Waals surface area (Å²) < 4.78 is 51.4. The van der Waals surface area contributed by atoms with Gasteiger partial charge in [0.2, 0.25) is 0 Å². The molecule has 5 aromatic carbocycles. The van der Waals surface area contributed by atoms with Crippen LogP contribution in [0.15, 0.2) is 127 Å². The number of fused-ring (bicyclic) bond motifs is 1. The minimum absolute atomic E-state index is 0. The smallest absolute Gasteiger partial charge is 0.349 e. The third-order valence-corrected chi connectivity index (χ3v) is 14.1. The number of aldehydes is 1. The molecule has 1 heterocycles. The zero-order valence-electron chi connectivity index (χ0n) is 46.0. The SMILES string of the molecule is C.C.C.CC(C)(CO)Oc1cc(Br)ccc1Br.CC(I)(I)I.CC1(C)Cc2ccc(C=O)cc2O1.CCC(C)(C)Oc1cc(Br)ccc1Br.COC(=O)C(C)(C)O.COC(=O)C(C)(C)Oc1cc(Br)ccc1Br.Fc1cc(Br)ccc1Br. The topological polar surface area (TPSA) is 147 Å². The standard InChI is InChI=1S/C11H12Br2O3.C11H14Br2O.C11H12O2.C10H12Br2O2.C6H3Br2F.C5H10O3.C2H3I3.3CH4/c1-11(2,10(14)15-3)16-9-6-7(12)4-5-8(9)13;1-4-11(2,3)14-10-7-8(12)5-6-9(10)13;1-11(2)6-9-4-3-8(7-12)5-10(9)13-11;1-10(2,6-13)14-9-5-7(11)3-4-8(9)12;7-4-1-2-5(8)6(9)3-4;1-5(2,7)4(6)8-3;1-2(3,4)5;;;/h4-6H,1-3H3;5-7H,4H2,1-3H3;3-5,7H,6H2,1-2H3;3-5,13H,6H2,1-2H3;1-3H;7H,1-3H3;1H3;3*1H4. The molecular formula is C59H78Br8FI3O11. The van der Waals surface area contributed by atoms with Crippen LogP contribution in [-0.2, 0) is 25.5 Å². The van der Waals surface area contributed by atoms with Gasteiger partial charge in [-0.1, -0.05) is 173 Å². The van der Waals surface area contributed by atoms with Gasteiger partial charge in [-0.05, 0) is 231 Å².